The van der Waals surface area contributed by atoms with Gasteiger partial charge in [0.2, 0.25) is 0 Å². The van der Waals surface area contributed by atoms with E-state index in [1.807, 2.05) is 42.5 Å². The van der Waals surface area contributed by atoms with Gasteiger partial charge in [-0.05, 0) is 23.8 Å². The third kappa shape index (κ3) is 3.21. The average molecular weight is 359 g/mol. The van der Waals surface area contributed by atoms with Crippen LogP contribution >= 0.6 is 11.3 Å². The van der Waals surface area contributed by atoms with Gasteiger partial charge in [0.1, 0.15) is 11.8 Å². The molecule has 0 unspecified atom stereocenters. The molecular formula is C20H13N3O2S. The smallest absolute Gasteiger partial charge is 0.261 e. The fourth-order valence-electron chi connectivity index (χ4n) is 2.72. The molecule has 0 aliphatic heterocycles. The number of rotatable bonds is 4. The van der Waals surface area contributed by atoms with Gasteiger partial charge < -0.3 is 4.42 Å². The van der Waals surface area contributed by atoms with Gasteiger partial charge in [0.05, 0.1) is 17.2 Å². The lowest BCUT2D eigenvalue weighted by molar-refractivity contribution is 0.102. The molecule has 2 heterocycles. The van der Waals surface area contributed by atoms with E-state index < -0.39 is 0 Å². The number of para-hydroxylation sites is 1. The van der Waals surface area contributed by atoms with Gasteiger partial charge in [0.15, 0.2) is 5.13 Å². The Balaban J connectivity index is 1.49. The van der Waals surface area contributed by atoms with Crippen molar-refractivity contribution in [1.29, 1.82) is 5.26 Å². The number of nitrogens with zero attached hydrogens (tertiary/aromatic N) is 2. The van der Waals surface area contributed by atoms with E-state index in [1.165, 1.54) is 17.6 Å². The quantitative estimate of drug-likeness (QED) is 0.577. The summed E-state index contributed by atoms with van der Waals surface area (Å²) in [6.45, 7) is 0. The summed E-state index contributed by atoms with van der Waals surface area (Å²) in [5, 5.41) is 13.1. The fraction of sp³-hybridized carbons (Fsp3) is 0.0500. The standard InChI is InChI=1S/C20H13N3O2S/c21-10-14-5-3-4-13(8-14)9-15-11-22-20(26-15)23-19(24)17-12-25-18-7-2-1-6-16(17)18/h1-8,11-12H,9H2,(H,22,23,24). The number of nitrogens with one attached hydrogen (secondary N) is 1. The summed E-state index contributed by atoms with van der Waals surface area (Å²) in [6.07, 6.45) is 3.87. The van der Waals surface area contributed by atoms with Crippen molar-refractivity contribution in [2.45, 2.75) is 6.42 Å². The van der Waals surface area contributed by atoms with Gasteiger partial charge in [0, 0.05) is 22.9 Å². The second-order valence-electron chi connectivity index (χ2n) is 5.72. The van der Waals surface area contributed by atoms with Crippen LogP contribution < -0.4 is 5.32 Å². The zero-order valence-electron chi connectivity index (χ0n) is 13.6. The molecule has 5 nitrogen and oxygen atoms in total. The van der Waals surface area contributed by atoms with Crippen molar-refractivity contribution in [3.63, 3.8) is 0 Å². The minimum atomic E-state index is -0.248. The van der Waals surface area contributed by atoms with Crippen LogP contribution in [0.2, 0.25) is 0 Å². The molecule has 1 N–H and O–H groups in total. The lowest BCUT2D eigenvalue weighted by atomic mass is 10.1. The highest BCUT2D eigenvalue weighted by atomic mass is 32.1. The first-order chi connectivity index (χ1) is 12.7. The molecule has 4 rings (SSSR count). The molecule has 4 aromatic rings. The van der Waals surface area contributed by atoms with Crippen LogP contribution in [-0.4, -0.2) is 10.9 Å². The van der Waals surface area contributed by atoms with Crippen LogP contribution in [0.25, 0.3) is 11.0 Å². The number of fused-ring (bicyclic) bond motifs is 1. The minimum Gasteiger partial charge on any atom is -0.463 e. The van der Waals surface area contributed by atoms with Crippen LogP contribution in [0, 0.1) is 11.3 Å². The lowest BCUT2D eigenvalue weighted by Crippen LogP contribution is -2.10. The van der Waals surface area contributed by atoms with Crippen LogP contribution in [-0.2, 0) is 6.42 Å². The van der Waals surface area contributed by atoms with Crippen molar-refractivity contribution in [3.8, 4) is 6.07 Å². The summed E-state index contributed by atoms with van der Waals surface area (Å²) < 4.78 is 5.41. The second kappa shape index (κ2) is 6.82. The maximum absolute atomic E-state index is 12.5. The van der Waals surface area contributed by atoms with Gasteiger partial charge in [-0.15, -0.1) is 11.3 Å². The molecule has 0 bridgehead atoms. The average Bonchev–Trinajstić information content (AvgIpc) is 3.28. The monoisotopic (exact) mass is 359 g/mol. The highest BCUT2D eigenvalue weighted by molar-refractivity contribution is 7.15. The Kier molecular flexibility index (Phi) is 4.22. The molecule has 0 radical (unpaired) electrons. The third-order valence-electron chi connectivity index (χ3n) is 3.93. The molecule has 2 aromatic carbocycles. The van der Waals surface area contributed by atoms with Gasteiger partial charge in [-0.25, -0.2) is 4.98 Å². The van der Waals surface area contributed by atoms with Crippen LogP contribution in [0.3, 0.4) is 0 Å². The molecular weight excluding hydrogens is 346 g/mol. The van der Waals surface area contributed by atoms with E-state index in [0.717, 1.165) is 15.8 Å². The summed E-state index contributed by atoms with van der Waals surface area (Å²) in [7, 11) is 0. The first kappa shape index (κ1) is 16.1. The van der Waals surface area contributed by atoms with E-state index >= 15 is 0 Å². The summed E-state index contributed by atoms with van der Waals surface area (Å²) in [4.78, 5) is 17.8. The second-order valence-corrected chi connectivity index (χ2v) is 6.84. The molecule has 0 aliphatic rings. The van der Waals surface area contributed by atoms with Crippen LogP contribution in [0.4, 0.5) is 5.13 Å². The Bertz CT molecular complexity index is 1140. The van der Waals surface area contributed by atoms with Crippen molar-refractivity contribution in [2.24, 2.45) is 0 Å². The Hall–Kier alpha value is -3.43. The van der Waals surface area contributed by atoms with Gasteiger partial charge in [-0.1, -0.05) is 30.3 Å². The SMILES string of the molecule is N#Cc1cccc(Cc2cnc(NC(=O)c3coc4ccccc34)s2)c1. The number of thiazole rings is 1. The Labute approximate surface area is 153 Å². The van der Waals surface area contributed by atoms with E-state index in [9.17, 15) is 4.79 Å². The summed E-state index contributed by atoms with van der Waals surface area (Å²) in [5.41, 5.74) is 2.83. The molecule has 26 heavy (non-hydrogen) atoms. The molecule has 0 saturated heterocycles. The maximum atomic E-state index is 12.5. The molecule has 2 aromatic heterocycles. The lowest BCUT2D eigenvalue weighted by Gasteiger charge is -2.00. The van der Waals surface area contributed by atoms with E-state index in [-0.39, 0.29) is 5.91 Å². The number of anilines is 1. The van der Waals surface area contributed by atoms with Gasteiger partial charge in [-0.2, -0.15) is 5.26 Å². The molecule has 0 atom stereocenters. The number of benzene rings is 2. The zero-order chi connectivity index (χ0) is 17.9. The summed E-state index contributed by atoms with van der Waals surface area (Å²) in [5.74, 6) is -0.248. The predicted molar refractivity (Wildman–Crippen MR) is 100 cm³/mol. The van der Waals surface area contributed by atoms with Gasteiger partial charge in [-0.3, -0.25) is 10.1 Å². The number of hydrogen-bond acceptors (Lipinski definition) is 5. The van der Waals surface area contributed by atoms with Gasteiger partial charge in [0.25, 0.3) is 5.91 Å². The number of hydrogen-bond donors (Lipinski definition) is 1. The number of nitriles is 1. The van der Waals surface area contributed by atoms with Crippen molar-refractivity contribution in [3.05, 3.63) is 82.6 Å². The van der Waals surface area contributed by atoms with E-state index in [0.29, 0.717) is 28.3 Å². The fourth-order valence-corrected chi connectivity index (χ4v) is 3.56. The van der Waals surface area contributed by atoms with E-state index in [1.54, 1.807) is 12.3 Å². The zero-order valence-corrected chi connectivity index (χ0v) is 14.4. The van der Waals surface area contributed by atoms with Crippen molar-refractivity contribution in [2.75, 3.05) is 5.32 Å². The maximum Gasteiger partial charge on any atom is 0.261 e. The number of aromatic nitrogens is 1. The molecule has 1 amide bonds. The topological polar surface area (TPSA) is 78.9 Å². The Morgan fingerprint density at radius 1 is 1.23 bits per heavy atom. The number of carbonyl (C=O) groups excluding carboxylic acids is 1. The summed E-state index contributed by atoms with van der Waals surface area (Å²) in [6, 6.07) is 17.0. The molecule has 0 saturated carbocycles. The minimum absolute atomic E-state index is 0.248. The molecule has 6 heteroatoms. The van der Waals surface area contributed by atoms with Gasteiger partial charge >= 0.3 is 0 Å². The van der Waals surface area contributed by atoms with Crippen molar-refractivity contribution < 1.29 is 9.21 Å². The first-order valence-corrected chi connectivity index (χ1v) is 8.76. The largest absolute Gasteiger partial charge is 0.463 e. The third-order valence-corrected chi connectivity index (χ3v) is 4.85. The van der Waals surface area contributed by atoms with Crippen LogP contribution in [0.5, 0.6) is 0 Å². The summed E-state index contributed by atoms with van der Waals surface area (Å²) >= 11 is 1.42. The number of carbonyl (C=O) groups is 1. The predicted octanol–water partition coefficient (Wildman–Crippen LogP) is 4.60. The molecule has 0 spiro atoms. The molecule has 126 valence electrons. The van der Waals surface area contributed by atoms with Crippen molar-refractivity contribution >= 4 is 33.3 Å². The highest BCUT2D eigenvalue weighted by Gasteiger charge is 2.15. The Morgan fingerprint density at radius 3 is 3.00 bits per heavy atom. The molecule has 0 aliphatic carbocycles. The van der Waals surface area contributed by atoms with Crippen molar-refractivity contribution in [1.82, 2.24) is 4.98 Å². The normalized spacial score (nSPS) is 10.6. The van der Waals surface area contributed by atoms with E-state index in [4.69, 9.17) is 9.68 Å². The van der Waals surface area contributed by atoms with Crippen LogP contribution in [0.1, 0.15) is 26.4 Å². The van der Waals surface area contributed by atoms with E-state index in [2.05, 4.69) is 16.4 Å². The highest BCUT2D eigenvalue weighted by Crippen LogP contribution is 2.25. The first-order valence-electron chi connectivity index (χ1n) is 7.94. The number of furan rings is 1. The Morgan fingerprint density at radius 2 is 2.12 bits per heavy atom. The molecule has 0 fully saturated rings. The van der Waals surface area contributed by atoms with Crippen LogP contribution in [0.15, 0.2) is 65.4 Å². The number of amides is 1.